The van der Waals surface area contributed by atoms with Crippen molar-refractivity contribution in [1.29, 1.82) is 0 Å². The second-order valence-electron chi connectivity index (χ2n) is 7.40. The van der Waals surface area contributed by atoms with E-state index in [1.165, 1.54) is 16.7 Å². The zero-order valence-corrected chi connectivity index (χ0v) is 17.4. The minimum atomic E-state index is 0.193. The molecule has 0 radical (unpaired) electrons. The lowest BCUT2D eigenvalue weighted by molar-refractivity contribution is -0.671. The van der Waals surface area contributed by atoms with Gasteiger partial charge in [-0.1, -0.05) is 66.2 Å². The fraction of sp³-hybridized carbons (Fsp3) is 0.280. The third-order valence-corrected chi connectivity index (χ3v) is 5.06. The van der Waals surface area contributed by atoms with Gasteiger partial charge in [0, 0.05) is 22.9 Å². The molecule has 2 N–H and O–H groups in total. The largest absolute Gasteiger partial charge is 0.491 e. The second-order valence-corrected chi connectivity index (χ2v) is 7.83. The predicted octanol–water partition coefficient (Wildman–Crippen LogP) is 5.41. The van der Waals surface area contributed by atoms with Gasteiger partial charge in [-0.3, -0.25) is 0 Å². The molecule has 0 aliphatic rings. The molecule has 28 heavy (non-hydrogen) atoms. The van der Waals surface area contributed by atoms with Crippen LogP contribution in [-0.4, -0.2) is 12.6 Å². The highest BCUT2D eigenvalue weighted by atomic mass is 35.5. The predicted molar refractivity (Wildman–Crippen MR) is 117 cm³/mol. The molecule has 0 aromatic heterocycles. The van der Waals surface area contributed by atoms with Gasteiger partial charge in [0.05, 0.1) is 12.6 Å². The fourth-order valence-electron chi connectivity index (χ4n) is 3.44. The minimum Gasteiger partial charge on any atom is -0.491 e. The first-order chi connectivity index (χ1) is 13.6. The highest BCUT2D eigenvalue weighted by Gasteiger charge is 2.15. The molecule has 0 bridgehead atoms. The lowest BCUT2D eigenvalue weighted by atomic mass is 9.88. The Morgan fingerprint density at radius 2 is 1.46 bits per heavy atom. The van der Waals surface area contributed by atoms with E-state index in [1.54, 1.807) is 0 Å². The summed E-state index contributed by atoms with van der Waals surface area (Å²) < 4.78 is 5.79. The summed E-state index contributed by atoms with van der Waals surface area (Å²) in [5, 5.41) is 3.16. The Kier molecular flexibility index (Phi) is 7.53. The van der Waals surface area contributed by atoms with E-state index in [1.807, 2.05) is 12.1 Å². The van der Waals surface area contributed by atoms with E-state index in [0.717, 1.165) is 30.3 Å². The third-order valence-electron chi connectivity index (χ3n) is 4.81. The zero-order chi connectivity index (χ0) is 19.8. The van der Waals surface area contributed by atoms with Gasteiger partial charge in [-0.15, -0.1) is 0 Å². The summed E-state index contributed by atoms with van der Waals surface area (Å²) in [7, 11) is 0. The standard InChI is InChI=1S/C25H28ClNO/c1-19(2)28-24-14-10-22(11-15-24)25(21-6-4-3-5-7-21)16-17-27-18-20-8-12-23(26)13-9-20/h3-15,19,25,27H,16-18H2,1-2H3/p+1/t25-/m0/s1. The van der Waals surface area contributed by atoms with Crippen LogP contribution < -0.4 is 10.1 Å². The maximum Gasteiger partial charge on any atom is 0.119 e. The van der Waals surface area contributed by atoms with Crippen molar-refractivity contribution in [2.75, 3.05) is 6.54 Å². The van der Waals surface area contributed by atoms with Crippen LogP contribution in [0.15, 0.2) is 78.9 Å². The van der Waals surface area contributed by atoms with Crippen LogP contribution in [0.5, 0.6) is 5.75 Å². The van der Waals surface area contributed by atoms with E-state index in [4.69, 9.17) is 16.3 Å². The van der Waals surface area contributed by atoms with E-state index in [2.05, 4.69) is 85.9 Å². The van der Waals surface area contributed by atoms with Gasteiger partial charge in [-0.2, -0.15) is 0 Å². The van der Waals surface area contributed by atoms with Gasteiger partial charge in [-0.05, 0) is 49.2 Å². The van der Waals surface area contributed by atoms with Crippen molar-refractivity contribution in [3.05, 3.63) is 101 Å². The molecule has 0 spiro atoms. The van der Waals surface area contributed by atoms with Crippen molar-refractivity contribution in [3.63, 3.8) is 0 Å². The summed E-state index contributed by atoms with van der Waals surface area (Å²) in [6, 6.07) is 27.5. The van der Waals surface area contributed by atoms with Crippen molar-refractivity contribution < 1.29 is 10.1 Å². The molecule has 3 rings (SSSR count). The van der Waals surface area contributed by atoms with E-state index in [-0.39, 0.29) is 6.10 Å². The summed E-state index contributed by atoms with van der Waals surface area (Å²) in [4.78, 5) is 0. The van der Waals surface area contributed by atoms with Crippen LogP contribution in [0, 0.1) is 0 Å². The Morgan fingerprint density at radius 3 is 2.11 bits per heavy atom. The molecule has 0 unspecified atom stereocenters. The topological polar surface area (TPSA) is 25.8 Å². The molecule has 1 atom stereocenters. The Hall–Kier alpha value is -2.29. The van der Waals surface area contributed by atoms with Gasteiger partial charge in [0.25, 0.3) is 0 Å². The molecule has 0 amide bonds. The Morgan fingerprint density at radius 1 is 0.821 bits per heavy atom. The average molecular weight is 395 g/mol. The molecule has 0 heterocycles. The maximum absolute atomic E-state index is 5.97. The number of halogens is 1. The second kappa shape index (κ2) is 10.3. The molecule has 0 saturated heterocycles. The van der Waals surface area contributed by atoms with Crippen LogP contribution in [-0.2, 0) is 6.54 Å². The van der Waals surface area contributed by atoms with Crippen LogP contribution in [0.25, 0.3) is 0 Å². The van der Waals surface area contributed by atoms with Crippen LogP contribution in [0.1, 0.15) is 42.9 Å². The van der Waals surface area contributed by atoms with Gasteiger partial charge in [0.1, 0.15) is 12.3 Å². The van der Waals surface area contributed by atoms with Crippen LogP contribution in [0.2, 0.25) is 5.02 Å². The normalized spacial score (nSPS) is 12.1. The van der Waals surface area contributed by atoms with Crippen molar-refractivity contribution in [1.82, 2.24) is 0 Å². The third kappa shape index (κ3) is 6.12. The summed E-state index contributed by atoms with van der Waals surface area (Å²) in [5.41, 5.74) is 4.00. The smallest absolute Gasteiger partial charge is 0.119 e. The molecular weight excluding hydrogens is 366 g/mol. The highest BCUT2D eigenvalue weighted by Crippen LogP contribution is 2.29. The molecule has 0 aliphatic carbocycles. The summed E-state index contributed by atoms with van der Waals surface area (Å²) in [6.07, 6.45) is 1.28. The molecule has 146 valence electrons. The van der Waals surface area contributed by atoms with Crippen molar-refractivity contribution in [2.24, 2.45) is 0 Å². The van der Waals surface area contributed by atoms with E-state index < -0.39 is 0 Å². The SMILES string of the molecule is CC(C)Oc1ccc([C@@H](CC[NH2+]Cc2ccc(Cl)cc2)c2ccccc2)cc1. The lowest BCUT2D eigenvalue weighted by Crippen LogP contribution is -2.82. The number of hydrogen-bond donors (Lipinski definition) is 1. The molecule has 3 aromatic rings. The highest BCUT2D eigenvalue weighted by molar-refractivity contribution is 6.30. The first kappa shape index (κ1) is 20.4. The molecule has 3 heteroatoms. The zero-order valence-electron chi connectivity index (χ0n) is 16.6. The molecule has 0 fully saturated rings. The first-order valence-electron chi connectivity index (χ1n) is 9.99. The van der Waals surface area contributed by atoms with Crippen LogP contribution in [0.4, 0.5) is 0 Å². The maximum atomic E-state index is 5.97. The number of benzene rings is 3. The lowest BCUT2D eigenvalue weighted by Gasteiger charge is -2.18. The molecule has 0 aliphatic heterocycles. The van der Waals surface area contributed by atoms with Gasteiger partial charge < -0.3 is 10.1 Å². The quantitative estimate of drug-likeness (QED) is 0.482. The van der Waals surface area contributed by atoms with Crippen LogP contribution in [0.3, 0.4) is 0 Å². The average Bonchev–Trinajstić information content (AvgIpc) is 2.70. The number of ether oxygens (including phenoxy) is 1. The molecule has 3 aromatic carbocycles. The fourth-order valence-corrected chi connectivity index (χ4v) is 3.56. The van der Waals surface area contributed by atoms with Gasteiger partial charge in [-0.25, -0.2) is 0 Å². The van der Waals surface area contributed by atoms with Crippen molar-refractivity contribution in [2.45, 2.75) is 38.8 Å². The summed E-state index contributed by atoms with van der Waals surface area (Å²) in [5.74, 6) is 1.32. The van der Waals surface area contributed by atoms with Crippen LogP contribution >= 0.6 is 11.6 Å². The number of hydrogen-bond acceptors (Lipinski definition) is 1. The van der Waals surface area contributed by atoms with Gasteiger partial charge in [0.15, 0.2) is 0 Å². The first-order valence-corrected chi connectivity index (χ1v) is 10.4. The van der Waals surface area contributed by atoms with E-state index in [9.17, 15) is 0 Å². The molecule has 0 saturated carbocycles. The van der Waals surface area contributed by atoms with Gasteiger partial charge in [0.2, 0.25) is 0 Å². The number of nitrogens with two attached hydrogens (primary N) is 1. The molecular formula is C25H29ClNO+. The number of quaternary nitrogens is 1. The van der Waals surface area contributed by atoms with E-state index in [0.29, 0.717) is 5.92 Å². The monoisotopic (exact) mass is 394 g/mol. The Bertz CT molecular complexity index is 829. The van der Waals surface area contributed by atoms with Crippen molar-refractivity contribution >= 4 is 11.6 Å². The minimum absolute atomic E-state index is 0.193. The molecule has 2 nitrogen and oxygen atoms in total. The summed E-state index contributed by atoms with van der Waals surface area (Å²) in [6.45, 7) is 6.14. The number of rotatable bonds is 9. The Labute approximate surface area is 173 Å². The van der Waals surface area contributed by atoms with Crippen molar-refractivity contribution in [3.8, 4) is 5.75 Å². The Balaban J connectivity index is 1.65. The summed E-state index contributed by atoms with van der Waals surface area (Å²) >= 11 is 5.97. The van der Waals surface area contributed by atoms with Gasteiger partial charge >= 0.3 is 0 Å². The van der Waals surface area contributed by atoms with E-state index >= 15 is 0 Å².